The maximum absolute atomic E-state index is 12.5. The SMILES string of the molecule is CC(=O)[C@H](N=Nc1ccc(S(=O)(=O)Nc2nccs2)cc1)C(=O)Nc1ccccc1C. The van der Waals surface area contributed by atoms with Gasteiger partial charge in [-0.3, -0.25) is 14.3 Å². The molecule has 31 heavy (non-hydrogen) atoms. The molecule has 9 nitrogen and oxygen atoms in total. The molecule has 1 heterocycles. The fourth-order valence-electron chi connectivity index (χ4n) is 2.50. The summed E-state index contributed by atoms with van der Waals surface area (Å²) in [5.41, 5.74) is 1.72. The van der Waals surface area contributed by atoms with Crippen molar-refractivity contribution in [1.82, 2.24) is 4.98 Å². The van der Waals surface area contributed by atoms with Crippen LogP contribution >= 0.6 is 11.3 Å². The number of azo groups is 1. The van der Waals surface area contributed by atoms with Gasteiger partial charge in [0, 0.05) is 17.3 Å². The van der Waals surface area contributed by atoms with Crippen molar-refractivity contribution in [3.05, 3.63) is 65.7 Å². The molecule has 160 valence electrons. The zero-order chi connectivity index (χ0) is 22.4. The Morgan fingerprint density at radius 3 is 2.42 bits per heavy atom. The number of nitrogens with zero attached hydrogens (tertiary/aromatic N) is 3. The van der Waals surface area contributed by atoms with Crippen LogP contribution in [0.25, 0.3) is 0 Å². The monoisotopic (exact) mass is 457 g/mol. The zero-order valence-corrected chi connectivity index (χ0v) is 18.3. The van der Waals surface area contributed by atoms with Gasteiger partial charge in [-0.15, -0.1) is 11.3 Å². The number of benzene rings is 2. The van der Waals surface area contributed by atoms with Crippen molar-refractivity contribution in [2.45, 2.75) is 24.8 Å². The number of hydrogen-bond donors (Lipinski definition) is 2. The molecule has 0 aliphatic carbocycles. The molecule has 0 fully saturated rings. The number of ketones is 1. The van der Waals surface area contributed by atoms with Crippen LogP contribution in [0.1, 0.15) is 12.5 Å². The number of thiazole rings is 1. The average Bonchev–Trinajstić information content (AvgIpc) is 3.22. The normalized spacial score (nSPS) is 12.5. The number of sulfonamides is 1. The third kappa shape index (κ3) is 5.80. The number of para-hydroxylation sites is 1. The molecule has 3 rings (SSSR count). The van der Waals surface area contributed by atoms with Gasteiger partial charge in [0.2, 0.25) is 6.04 Å². The lowest BCUT2D eigenvalue weighted by molar-refractivity contribution is -0.126. The second kappa shape index (κ2) is 9.58. The first-order valence-corrected chi connectivity index (χ1v) is 11.4. The van der Waals surface area contributed by atoms with E-state index in [-0.39, 0.29) is 10.0 Å². The van der Waals surface area contributed by atoms with Gasteiger partial charge in [0.1, 0.15) is 0 Å². The van der Waals surface area contributed by atoms with E-state index in [1.54, 1.807) is 17.5 Å². The number of carbonyl (C=O) groups is 2. The first-order chi connectivity index (χ1) is 14.8. The topological polar surface area (TPSA) is 130 Å². The van der Waals surface area contributed by atoms with Gasteiger partial charge in [-0.2, -0.15) is 10.2 Å². The van der Waals surface area contributed by atoms with E-state index in [1.165, 1.54) is 37.4 Å². The highest BCUT2D eigenvalue weighted by molar-refractivity contribution is 7.93. The number of aryl methyl sites for hydroxylation is 1. The van der Waals surface area contributed by atoms with E-state index < -0.39 is 27.8 Å². The maximum Gasteiger partial charge on any atom is 0.263 e. The summed E-state index contributed by atoms with van der Waals surface area (Å²) in [6, 6.07) is 11.4. The standard InChI is InChI=1S/C20H19N5O4S2/c1-13-5-3-4-6-17(13)22-19(27)18(14(2)26)24-23-15-7-9-16(10-8-15)31(28,29)25-20-21-11-12-30-20/h3-12,18H,1-2H3,(H,21,25)(H,22,27)/t18-/m0/s1. The minimum absolute atomic E-state index is 0.0158. The van der Waals surface area contributed by atoms with E-state index in [2.05, 4.69) is 25.3 Å². The Labute approximate surface area is 183 Å². The van der Waals surface area contributed by atoms with Crippen molar-refractivity contribution in [2.24, 2.45) is 10.2 Å². The molecule has 3 aromatic rings. The smallest absolute Gasteiger partial charge is 0.263 e. The Balaban J connectivity index is 1.72. The van der Waals surface area contributed by atoms with E-state index in [4.69, 9.17) is 0 Å². The van der Waals surface area contributed by atoms with Gasteiger partial charge >= 0.3 is 0 Å². The summed E-state index contributed by atoms with van der Waals surface area (Å²) in [6.45, 7) is 3.08. The van der Waals surface area contributed by atoms with Gasteiger partial charge in [-0.05, 0) is 49.7 Å². The molecule has 11 heteroatoms. The number of aromatic nitrogens is 1. The molecule has 0 unspecified atom stereocenters. The summed E-state index contributed by atoms with van der Waals surface area (Å²) in [5.74, 6) is -1.07. The van der Waals surface area contributed by atoms with Crippen molar-refractivity contribution in [1.29, 1.82) is 0 Å². The average molecular weight is 458 g/mol. The number of rotatable bonds is 8. The van der Waals surface area contributed by atoms with Gasteiger partial charge in [0.25, 0.3) is 15.9 Å². The highest BCUT2D eigenvalue weighted by Gasteiger charge is 2.23. The molecule has 0 saturated heterocycles. The Hall–Kier alpha value is -3.44. The fraction of sp³-hybridized carbons (Fsp3) is 0.150. The van der Waals surface area contributed by atoms with Crippen LogP contribution in [0.4, 0.5) is 16.5 Å². The lowest BCUT2D eigenvalue weighted by Crippen LogP contribution is -2.32. The van der Waals surface area contributed by atoms with Crippen LogP contribution in [0.5, 0.6) is 0 Å². The van der Waals surface area contributed by atoms with Crippen LogP contribution in [0.3, 0.4) is 0 Å². The van der Waals surface area contributed by atoms with Crippen molar-refractivity contribution in [2.75, 3.05) is 10.0 Å². The van der Waals surface area contributed by atoms with E-state index in [9.17, 15) is 18.0 Å². The lowest BCUT2D eigenvalue weighted by atomic mass is 10.1. The molecule has 2 N–H and O–H groups in total. The predicted molar refractivity (Wildman–Crippen MR) is 118 cm³/mol. The molecule has 0 aliphatic rings. The minimum atomic E-state index is -3.79. The molecule has 0 aliphatic heterocycles. The molecule has 0 saturated carbocycles. The maximum atomic E-state index is 12.5. The summed E-state index contributed by atoms with van der Waals surface area (Å²) in [7, 11) is -3.79. The second-order valence-corrected chi connectivity index (χ2v) is 9.05. The fourth-order valence-corrected chi connectivity index (χ4v) is 4.29. The highest BCUT2D eigenvalue weighted by atomic mass is 32.2. The molecule has 1 amide bonds. The number of anilines is 2. The Morgan fingerprint density at radius 1 is 1.10 bits per heavy atom. The largest absolute Gasteiger partial charge is 0.324 e. The second-order valence-electron chi connectivity index (χ2n) is 6.47. The summed E-state index contributed by atoms with van der Waals surface area (Å²) < 4.78 is 27.1. The molecular weight excluding hydrogens is 438 g/mol. The Kier molecular flexibility index (Phi) is 6.88. The third-order valence-corrected chi connectivity index (χ3v) is 6.30. The molecule has 1 atom stereocenters. The van der Waals surface area contributed by atoms with Gasteiger partial charge in [-0.1, -0.05) is 18.2 Å². The molecule has 0 bridgehead atoms. The van der Waals surface area contributed by atoms with Crippen LogP contribution in [0.15, 0.2) is 75.2 Å². The van der Waals surface area contributed by atoms with Crippen molar-refractivity contribution in [3.63, 3.8) is 0 Å². The number of carbonyl (C=O) groups excluding carboxylic acids is 2. The van der Waals surface area contributed by atoms with Crippen LogP contribution in [0.2, 0.25) is 0 Å². The van der Waals surface area contributed by atoms with Gasteiger partial charge in [-0.25, -0.2) is 13.4 Å². The predicted octanol–water partition coefficient (Wildman–Crippen LogP) is 3.93. The minimum Gasteiger partial charge on any atom is -0.324 e. The molecule has 1 aromatic heterocycles. The lowest BCUT2D eigenvalue weighted by Gasteiger charge is -2.11. The Morgan fingerprint density at radius 2 is 1.81 bits per heavy atom. The van der Waals surface area contributed by atoms with E-state index in [1.807, 2.05) is 19.1 Å². The Bertz CT molecular complexity index is 1210. The quantitative estimate of drug-likeness (QED) is 0.391. The summed E-state index contributed by atoms with van der Waals surface area (Å²) in [6.07, 6.45) is 1.49. The van der Waals surface area contributed by atoms with Gasteiger partial charge in [0.05, 0.1) is 10.6 Å². The third-order valence-electron chi connectivity index (χ3n) is 4.13. The van der Waals surface area contributed by atoms with Crippen molar-refractivity contribution in [3.8, 4) is 0 Å². The summed E-state index contributed by atoms with van der Waals surface area (Å²) >= 11 is 1.16. The first kappa shape index (κ1) is 22.2. The molecule has 2 aromatic carbocycles. The molecule has 0 radical (unpaired) electrons. The van der Waals surface area contributed by atoms with E-state index in [0.29, 0.717) is 11.4 Å². The highest BCUT2D eigenvalue weighted by Crippen LogP contribution is 2.21. The van der Waals surface area contributed by atoms with Gasteiger partial charge < -0.3 is 5.32 Å². The van der Waals surface area contributed by atoms with Crippen molar-refractivity contribution < 1.29 is 18.0 Å². The van der Waals surface area contributed by atoms with Gasteiger partial charge in [0.15, 0.2) is 10.9 Å². The van der Waals surface area contributed by atoms with Crippen LogP contribution in [-0.2, 0) is 19.6 Å². The van der Waals surface area contributed by atoms with Crippen LogP contribution in [0, 0.1) is 6.92 Å². The van der Waals surface area contributed by atoms with E-state index >= 15 is 0 Å². The van der Waals surface area contributed by atoms with E-state index in [0.717, 1.165) is 16.9 Å². The zero-order valence-electron chi connectivity index (χ0n) is 16.6. The number of nitrogens with one attached hydrogen (secondary N) is 2. The summed E-state index contributed by atoms with van der Waals surface area (Å²) in [5, 5.41) is 12.4. The first-order valence-electron chi connectivity index (χ1n) is 9.06. The number of amides is 1. The summed E-state index contributed by atoms with van der Waals surface area (Å²) in [4.78, 5) is 28.3. The number of Topliss-reactive ketones (excluding diaryl/α,β-unsaturated/α-hetero) is 1. The van der Waals surface area contributed by atoms with Crippen molar-refractivity contribution >= 4 is 49.6 Å². The molecular formula is C20H19N5O4S2. The molecule has 0 spiro atoms. The van der Waals surface area contributed by atoms with Crippen LogP contribution < -0.4 is 10.0 Å². The van der Waals surface area contributed by atoms with Crippen LogP contribution in [-0.4, -0.2) is 31.1 Å². The number of hydrogen-bond acceptors (Lipinski definition) is 8.